The molecule has 0 aliphatic carbocycles. The van der Waals surface area contributed by atoms with Crippen LogP contribution >= 0.6 is 11.6 Å². The highest BCUT2D eigenvalue weighted by atomic mass is 35.5. The molecular formula is C62H58BClF6N18O6. The third-order valence-corrected chi connectivity index (χ3v) is 15.3. The molecule has 24 nitrogen and oxygen atoms in total. The Kier molecular flexibility index (Phi) is 21.1. The minimum Gasteiger partial charge on any atom is -0.423 e. The van der Waals surface area contributed by atoms with Crippen molar-refractivity contribution in [2.45, 2.75) is 89.8 Å². The van der Waals surface area contributed by atoms with E-state index in [-0.39, 0.29) is 29.9 Å². The summed E-state index contributed by atoms with van der Waals surface area (Å²) in [6.45, 7) is 4.17. The third-order valence-electron chi connectivity index (χ3n) is 15.1. The van der Waals surface area contributed by atoms with Crippen molar-refractivity contribution in [3.05, 3.63) is 170 Å². The van der Waals surface area contributed by atoms with Crippen molar-refractivity contribution in [1.29, 1.82) is 0 Å². The number of benzene rings is 2. The molecule has 0 spiro atoms. The van der Waals surface area contributed by atoms with Crippen LogP contribution in [-0.2, 0) is 14.2 Å². The van der Waals surface area contributed by atoms with Crippen LogP contribution in [0.5, 0.6) is 5.75 Å². The summed E-state index contributed by atoms with van der Waals surface area (Å²) in [5.74, 6) is -1.78. The molecule has 3 aliphatic heterocycles. The number of hydrogen-bond donors (Lipinski definition) is 4. The van der Waals surface area contributed by atoms with Crippen LogP contribution in [0, 0.1) is 24.8 Å². The number of ether oxygens (including phenoxy) is 4. The average molecular weight is 1310 g/mol. The Morgan fingerprint density at radius 3 is 1.53 bits per heavy atom. The number of aryl methyl sites for hydroxylation is 1. The quantitative estimate of drug-likeness (QED) is 0.0343. The molecule has 3 atom stereocenters. The van der Waals surface area contributed by atoms with E-state index in [1.807, 2.05) is 32.8 Å². The number of nitrogen functional groups attached to an aromatic ring is 1. The smallest absolute Gasteiger partial charge is 0.423 e. The van der Waals surface area contributed by atoms with E-state index in [0.29, 0.717) is 72.7 Å². The lowest BCUT2D eigenvalue weighted by atomic mass is 9.81. The van der Waals surface area contributed by atoms with Gasteiger partial charge < -0.3 is 40.0 Å². The molecule has 0 radical (unpaired) electrons. The molecule has 12 aromatic rings. The molecule has 13 heterocycles. The van der Waals surface area contributed by atoms with Crippen LogP contribution in [0.25, 0.3) is 66.8 Å². The van der Waals surface area contributed by atoms with Crippen molar-refractivity contribution < 1.29 is 55.3 Å². The van der Waals surface area contributed by atoms with Crippen LogP contribution in [0.4, 0.5) is 43.5 Å². The number of alkyl halides is 3. The van der Waals surface area contributed by atoms with Gasteiger partial charge in [0.2, 0.25) is 17.8 Å². The lowest BCUT2D eigenvalue weighted by Crippen LogP contribution is -2.33. The molecule has 10 aromatic heterocycles. The van der Waals surface area contributed by atoms with Gasteiger partial charge in [0, 0.05) is 78.3 Å². The Balaban J connectivity index is 0.000000123. The number of nitrogens with zero attached hydrogens (tertiary/aromatic N) is 16. The van der Waals surface area contributed by atoms with Gasteiger partial charge in [-0.1, -0.05) is 35.9 Å². The predicted molar refractivity (Wildman–Crippen MR) is 335 cm³/mol. The van der Waals surface area contributed by atoms with Gasteiger partial charge in [-0.25, -0.2) is 64.8 Å². The lowest BCUT2D eigenvalue weighted by molar-refractivity contribution is -0.274. The van der Waals surface area contributed by atoms with Crippen LogP contribution in [0.2, 0.25) is 5.15 Å². The third kappa shape index (κ3) is 15.6. The van der Waals surface area contributed by atoms with Crippen LogP contribution in [-0.4, -0.2) is 122 Å². The Labute approximate surface area is 536 Å². The molecule has 32 heteroatoms. The van der Waals surface area contributed by atoms with Gasteiger partial charge in [-0.3, -0.25) is 13.7 Å². The largest absolute Gasteiger partial charge is 0.573 e. The predicted octanol–water partition coefficient (Wildman–Crippen LogP) is 11.3. The van der Waals surface area contributed by atoms with Gasteiger partial charge in [0.15, 0.2) is 22.1 Å². The van der Waals surface area contributed by atoms with Gasteiger partial charge >= 0.3 is 13.5 Å². The summed E-state index contributed by atoms with van der Waals surface area (Å²) in [6, 6.07) is 20.4. The molecule has 3 fully saturated rings. The molecule has 2 aromatic carbocycles. The van der Waals surface area contributed by atoms with E-state index in [9.17, 15) is 26.3 Å². The number of halogens is 7. The van der Waals surface area contributed by atoms with Gasteiger partial charge in [-0.2, -0.15) is 13.2 Å². The zero-order valence-electron chi connectivity index (χ0n) is 50.0. The van der Waals surface area contributed by atoms with E-state index in [1.54, 1.807) is 61.6 Å². The second-order valence-electron chi connectivity index (χ2n) is 21.2. The molecular weight excluding hydrogens is 1250 g/mol. The summed E-state index contributed by atoms with van der Waals surface area (Å²) in [6.07, 6.45) is 19.7. The molecule has 0 bridgehead atoms. The van der Waals surface area contributed by atoms with E-state index < -0.39 is 31.3 Å². The first kappa shape index (κ1) is 65.6. The normalized spacial score (nSPS) is 16.3. The maximum atomic E-state index is 13.9. The van der Waals surface area contributed by atoms with Crippen LogP contribution in [0.15, 0.2) is 142 Å². The van der Waals surface area contributed by atoms with E-state index in [1.165, 1.54) is 74.3 Å². The molecule has 0 saturated carbocycles. The van der Waals surface area contributed by atoms with Crippen molar-refractivity contribution in [3.63, 3.8) is 0 Å². The van der Waals surface area contributed by atoms with E-state index in [0.717, 1.165) is 93.2 Å². The van der Waals surface area contributed by atoms with Crippen LogP contribution < -0.4 is 21.3 Å². The highest BCUT2D eigenvalue weighted by Gasteiger charge is 2.31. The number of fused-ring (bicyclic) bond motifs is 4. The Morgan fingerprint density at radius 1 is 0.553 bits per heavy atom. The lowest BCUT2D eigenvalue weighted by Gasteiger charge is -2.23. The second kappa shape index (κ2) is 30.2. The van der Waals surface area contributed by atoms with Crippen molar-refractivity contribution in [2.24, 2.45) is 0 Å². The number of hydrogen-bond acceptors (Lipinski definition) is 21. The number of imidazole rings is 3. The van der Waals surface area contributed by atoms with E-state index in [4.69, 9.17) is 41.6 Å². The van der Waals surface area contributed by atoms with Gasteiger partial charge in [0.25, 0.3) is 0 Å². The number of rotatable bonds is 9. The highest BCUT2D eigenvalue weighted by Crippen LogP contribution is 2.35. The molecule has 0 amide bonds. The highest BCUT2D eigenvalue weighted by molar-refractivity contribution is 6.58. The number of nitrogens with two attached hydrogens (primary N) is 1. The number of pyridine rings is 4. The summed E-state index contributed by atoms with van der Waals surface area (Å²) in [5.41, 5.74) is 13.2. The summed E-state index contributed by atoms with van der Waals surface area (Å²) in [5, 5.41) is 22.0. The minimum absolute atomic E-state index is 0.0321. The zero-order chi connectivity index (χ0) is 65.7. The second-order valence-corrected chi connectivity index (χ2v) is 21.6. The average Bonchev–Trinajstić information content (AvgIpc) is 1.56. The molecule has 3 aliphatic rings. The Morgan fingerprint density at radius 2 is 1.05 bits per heavy atom. The summed E-state index contributed by atoms with van der Waals surface area (Å²) in [7, 11) is -1.78. The monoisotopic (exact) mass is 1310 g/mol. The van der Waals surface area contributed by atoms with Gasteiger partial charge in [0.1, 0.15) is 77.2 Å². The molecule has 94 heavy (non-hydrogen) atoms. The SMILES string of the molecule is Cc1ccc2c(Nc3cccc(OC(F)(F)F)c3)nccc2c1N.Clc1ncnc2c1ncn2C1CCCCO1.Fc1ncccc1-c1ncnc2c1ncn2C1CCCCO1.Fc1ncccc1-c1ncnc2c1ncn2C1CCCCO1.OB(O)c1cccnc1F. The Hall–Kier alpha value is -9.92. The van der Waals surface area contributed by atoms with E-state index >= 15 is 0 Å². The van der Waals surface area contributed by atoms with Crippen molar-refractivity contribution >= 4 is 85.6 Å². The standard InChI is InChI=1S/C17H14F3N3O.2C15H14FN5O.C10H11ClN4O.C5H5BFNO2/c1-10-5-6-14-13(15(10)21)7-8-22-16(14)23-11-3-2-4-12(9-11)24-17(18,19)20;2*16-14-10(4-3-6-17-14)12-13-15(19-8-18-12)21(9-20-13)11-5-1-2-7-22-11;11-9-8-10(13-5-12-9)15(6-14-8)7-3-1-2-4-16-7;7-5-4(6(9)10)2-1-3-8-5/h2-9H,21H2,1H3,(H,22,23);2*3-4,6,8-9,11H,1-2,5,7H2;5-7H,1-4H2;1-3,9-10H. The topological polar surface area (TPSA) is 298 Å². The molecule has 3 saturated heterocycles. The van der Waals surface area contributed by atoms with Crippen molar-refractivity contribution in [1.82, 2.24) is 78.5 Å². The molecule has 5 N–H and O–H groups in total. The first-order valence-electron chi connectivity index (χ1n) is 29.6. The molecule has 484 valence electrons. The first-order chi connectivity index (χ1) is 45.6. The van der Waals surface area contributed by atoms with Crippen molar-refractivity contribution in [2.75, 3.05) is 30.9 Å². The maximum Gasteiger partial charge on any atom is 0.573 e. The van der Waals surface area contributed by atoms with Gasteiger partial charge in [-0.15, -0.1) is 13.2 Å². The fourth-order valence-electron chi connectivity index (χ4n) is 10.5. The fourth-order valence-corrected chi connectivity index (χ4v) is 10.7. The molecule has 3 unspecified atom stereocenters. The fraction of sp³-hybridized carbons (Fsp3) is 0.274. The number of nitrogens with one attached hydrogen (secondary N) is 1. The van der Waals surface area contributed by atoms with E-state index in [2.05, 4.69) is 74.8 Å². The summed E-state index contributed by atoms with van der Waals surface area (Å²) < 4.78 is 104. The number of aromatic nitrogens is 16. The summed E-state index contributed by atoms with van der Waals surface area (Å²) >= 11 is 5.94. The number of anilines is 3. The zero-order valence-corrected chi connectivity index (χ0v) is 50.7. The molecule has 15 rings (SSSR count). The summed E-state index contributed by atoms with van der Waals surface area (Å²) in [4.78, 5) is 52.9. The van der Waals surface area contributed by atoms with Crippen molar-refractivity contribution in [3.8, 4) is 28.3 Å². The van der Waals surface area contributed by atoms with Crippen LogP contribution in [0.3, 0.4) is 0 Å². The Bertz CT molecular complexity index is 4400. The maximum absolute atomic E-state index is 13.9. The van der Waals surface area contributed by atoms with Crippen LogP contribution in [0.1, 0.15) is 82.0 Å². The first-order valence-corrected chi connectivity index (χ1v) is 30.0. The van der Waals surface area contributed by atoms with Gasteiger partial charge in [-0.05, 0) is 119 Å². The van der Waals surface area contributed by atoms with Gasteiger partial charge in [0.05, 0.1) is 30.1 Å². The minimum atomic E-state index is -4.73.